The number of anilines is 2. The minimum atomic E-state index is 0.489. The van der Waals surface area contributed by atoms with Crippen LogP contribution in [0.1, 0.15) is 25.3 Å². The van der Waals surface area contributed by atoms with Crippen molar-refractivity contribution in [3.63, 3.8) is 0 Å². The molecule has 1 aliphatic heterocycles. The van der Waals surface area contributed by atoms with Crippen LogP contribution in [0.15, 0.2) is 6.33 Å². The second kappa shape index (κ2) is 5.31. The van der Waals surface area contributed by atoms with Gasteiger partial charge in [-0.2, -0.15) is 0 Å². The molecule has 5 nitrogen and oxygen atoms in total. The van der Waals surface area contributed by atoms with Crippen molar-refractivity contribution in [2.24, 2.45) is 0 Å². The molecule has 1 aliphatic rings. The molecule has 0 saturated carbocycles. The molecule has 0 radical (unpaired) electrons. The van der Waals surface area contributed by atoms with Gasteiger partial charge >= 0.3 is 0 Å². The van der Waals surface area contributed by atoms with Crippen LogP contribution in [0.25, 0.3) is 0 Å². The van der Waals surface area contributed by atoms with E-state index in [1.54, 1.807) is 6.33 Å². The first-order valence-electron chi connectivity index (χ1n) is 6.14. The van der Waals surface area contributed by atoms with Gasteiger partial charge in [-0.05, 0) is 19.3 Å². The van der Waals surface area contributed by atoms with Crippen molar-refractivity contribution in [1.29, 1.82) is 0 Å². The number of hydrogen-bond acceptors (Lipinski definition) is 5. The molecule has 1 saturated heterocycles. The van der Waals surface area contributed by atoms with E-state index < -0.39 is 0 Å². The number of rotatable bonds is 3. The maximum absolute atomic E-state index is 5.90. The molecule has 5 heteroatoms. The van der Waals surface area contributed by atoms with E-state index in [0.29, 0.717) is 11.9 Å². The third-order valence-corrected chi connectivity index (χ3v) is 3.38. The molecule has 94 valence electrons. The van der Waals surface area contributed by atoms with Gasteiger partial charge in [-0.25, -0.2) is 9.97 Å². The molecule has 0 aliphatic carbocycles. The van der Waals surface area contributed by atoms with Crippen molar-refractivity contribution < 1.29 is 4.74 Å². The predicted octanol–water partition coefficient (Wildman–Crippen LogP) is 1.24. The molecule has 0 unspecified atom stereocenters. The fourth-order valence-electron chi connectivity index (χ4n) is 2.30. The zero-order valence-electron chi connectivity index (χ0n) is 10.5. The van der Waals surface area contributed by atoms with Crippen LogP contribution >= 0.6 is 0 Å². The summed E-state index contributed by atoms with van der Waals surface area (Å²) < 4.78 is 5.38. The number of nitrogen functional groups attached to an aromatic ring is 1. The third kappa shape index (κ3) is 2.49. The summed E-state index contributed by atoms with van der Waals surface area (Å²) in [5, 5.41) is 0. The molecule has 1 aromatic rings. The fourth-order valence-corrected chi connectivity index (χ4v) is 2.30. The van der Waals surface area contributed by atoms with Crippen molar-refractivity contribution in [1.82, 2.24) is 9.97 Å². The highest BCUT2D eigenvalue weighted by Crippen LogP contribution is 2.25. The molecule has 0 atom stereocenters. The predicted molar refractivity (Wildman–Crippen MR) is 68.1 cm³/mol. The van der Waals surface area contributed by atoms with E-state index in [9.17, 15) is 0 Å². The minimum absolute atomic E-state index is 0.489. The van der Waals surface area contributed by atoms with Gasteiger partial charge in [0.2, 0.25) is 0 Å². The maximum atomic E-state index is 5.90. The largest absolute Gasteiger partial charge is 0.383 e. The van der Waals surface area contributed by atoms with Crippen LogP contribution in [0, 0.1) is 0 Å². The average Bonchev–Trinajstić information content (AvgIpc) is 2.38. The lowest BCUT2D eigenvalue weighted by Crippen LogP contribution is -2.37. The van der Waals surface area contributed by atoms with Crippen LogP contribution in [0.2, 0.25) is 0 Å². The molecular weight excluding hydrogens is 216 g/mol. The van der Waals surface area contributed by atoms with E-state index in [-0.39, 0.29) is 0 Å². The Bertz CT molecular complexity index is 377. The zero-order chi connectivity index (χ0) is 12.3. The van der Waals surface area contributed by atoms with Gasteiger partial charge in [0.25, 0.3) is 0 Å². The van der Waals surface area contributed by atoms with Crippen LogP contribution < -0.4 is 10.6 Å². The van der Waals surface area contributed by atoms with Gasteiger partial charge in [0, 0.05) is 31.9 Å². The smallest absolute Gasteiger partial charge is 0.137 e. The van der Waals surface area contributed by atoms with E-state index in [2.05, 4.69) is 28.8 Å². The van der Waals surface area contributed by atoms with Gasteiger partial charge in [-0.3, -0.25) is 0 Å². The number of nitrogens with two attached hydrogens (primary N) is 1. The van der Waals surface area contributed by atoms with Crippen molar-refractivity contribution in [3.05, 3.63) is 11.9 Å². The van der Waals surface area contributed by atoms with E-state index in [0.717, 1.165) is 43.9 Å². The number of ether oxygens (including phenoxy) is 1. The van der Waals surface area contributed by atoms with Gasteiger partial charge in [-0.15, -0.1) is 0 Å². The van der Waals surface area contributed by atoms with Crippen LogP contribution in [0.3, 0.4) is 0 Å². The molecule has 0 aromatic carbocycles. The van der Waals surface area contributed by atoms with Gasteiger partial charge < -0.3 is 15.4 Å². The Hall–Kier alpha value is -1.36. The fraction of sp³-hybridized carbons (Fsp3) is 0.667. The second-order valence-corrected chi connectivity index (χ2v) is 4.37. The van der Waals surface area contributed by atoms with Crippen LogP contribution in [0.5, 0.6) is 0 Å². The van der Waals surface area contributed by atoms with Gasteiger partial charge in [0.15, 0.2) is 0 Å². The van der Waals surface area contributed by atoms with E-state index in [1.807, 2.05) is 0 Å². The maximum Gasteiger partial charge on any atom is 0.137 e. The quantitative estimate of drug-likeness (QED) is 0.855. The molecule has 1 aromatic heterocycles. The molecule has 0 amide bonds. The van der Waals surface area contributed by atoms with Crippen molar-refractivity contribution >= 4 is 11.6 Å². The Kier molecular flexibility index (Phi) is 3.78. The molecule has 2 heterocycles. The highest BCUT2D eigenvalue weighted by atomic mass is 16.5. The molecular formula is C12H20N4O. The Morgan fingerprint density at radius 3 is 2.76 bits per heavy atom. The molecule has 2 rings (SSSR count). The molecule has 2 N–H and O–H groups in total. The van der Waals surface area contributed by atoms with Crippen LogP contribution in [-0.4, -0.2) is 36.3 Å². The molecule has 0 bridgehead atoms. The summed E-state index contributed by atoms with van der Waals surface area (Å²) in [6.45, 7) is 3.74. The number of aromatic nitrogens is 2. The van der Waals surface area contributed by atoms with E-state index >= 15 is 0 Å². The summed E-state index contributed by atoms with van der Waals surface area (Å²) in [7, 11) is 2.08. The SMILES string of the molecule is CCc1c(N)ncnc1N(C)C1CCOCC1. The molecule has 17 heavy (non-hydrogen) atoms. The Morgan fingerprint density at radius 2 is 2.12 bits per heavy atom. The van der Waals surface area contributed by atoms with E-state index in [4.69, 9.17) is 10.5 Å². The van der Waals surface area contributed by atoms with Gasteiger partial charge in [0.1, 0.15) is 18.0 Å². The topological polar surface area (TPSA) is 64.3 Å². The number of nitrogens with zero attached hydrogens (tertiary/aromatic N) is 3. The lowest BCUT2D eigenvalue weighted by atomic mass is 10.1. The monoisotopic (exact) mass is 236 g/mol. The number of hydrogen-bond donors (Lipinski definition) is 1. The van der Waals surface area contributed by atoms with Crippen LogP contribution in [-0.2, 0) is 11.2 Å². The van der Waals surface area contributed by atoms with E-state index in [1.165, 1.54) is 0 Å². The summed E-state index contributed by atoms with van der Waals surface area (Å²) in [5.74, 6) is 1.56. The summed E-state index contributed by atoms with van der Waals surface area (Å²) in [5.41, 5.74) is 6.94. The average molecular weight is 236 g/mol. The summed E-state index contributed by atoms with van der Waals surface area (Å²) in [4.78, 5) is 10.7. The van der Waals surface area contributed by atoms with Crippen molar-refractivity contribution in [2.75, 3.05) is 30.9 Å². The first-order chi connectivity index (χ1) is 8.24. The summed E-state index contributed by atoms with van der Waals surface area (Å²) >= 11 is 0. The Labute approximate surface area is 102 Å². The highest BCUT2D eigenvalue weighted by Gasteiger charge is 2.22. The first-order valence-corrected chi connectivity index (χ1v) is 6.14. The normalized spacial score (nSPS) is 17.1. The lowest BCUT2D eigenvalue weighted by molar-refractivity contribution is 0.0853. The zero-order valence-corrected chi connectivity index (χ0v) is 10.5. The third-order valence-electron chi connectivity index (χ3n) is 3.38. The first kappa shape index (κ1) is 12.1. The van der Waals surface area contributed by atoms with Crippen LogP contribution in [0.4, 0.5) is 11.6 Å². The van der Waals surface area contributed by atoms with Crippen molar-refractivity contribution in [2.45, 2.75) is 32.2 Å². The highest BCUT2D eigenvalue weighted by molar-refractivity contribution is 5.56. The van der Waals surface area contributed by atoms with Gasteiger partial charge in [-0.1, -0.05) is 6.92 Å². The summed E-state index contributed by atoms with van der Waals surface area (Å²) in [6.07, 6.45) is 4.49. The minimum Gasteiger partial charge on any atom is -0.383 e. The Balaban J connectivity index is 2.23. The molecule has 1 fully saturated rings. The lowest BCUT2D eigenvalue weighted by Gasteiger charge is -2.33. The second-order valence-electron chi connectivity index (χ2n) is 4.37. The standard InChI is InChI=1S/C12H20N4O/c1-3-10-11(13)14-8-15-12(10)16(2)9-4-6-17-7-5-9/h8-9H,3-7H2,1-2H3,(H2,13,14,15). The van der Waals surface area contributed by atoms with Gasteiger partial charge in [0.05, 0.1) is 0 Å². The Morgan fingerprint density at radius 1 is 1.41 bits per heavy atom. The van der Waals surface area contributed by atoms with Crippen molar-refractivity contribution in [3.8, 4) is 0 Å². The molecule has 0 spiro atoms. The summed E-state index contributed by atoms with van der Waals surface area (Å²) in [6, 6.07) is 0.489.